The van der Waals surface area contributed by atoms with Crippen LogP contribution in [-0.2, 0) is 9.53 Å². The molecule has 112 valence electrons. The third kappa shape index (κ3) is 4.18. The second-order valence-corrected chi connectivity index (χ2v) is 6.17. The first-order valence-electron chi connectivity index (χ1n) is 7.52. The van der Waals surface area contributed by atoms with Gasteiger partial charge in [0.1, 0.15) is 5.54 Å². The second kappa shape index (κ2) is 7.25. The van der Waals surface area contributed by atoms with Crippen LogP contribution in [0.15, 0.2) is 0 Å². The molecule has 0 saturated heterocycles. The minimum atomic E-state index is -0.458. The molecule has 2 atom stereocenters. The fraction of sp³-hybridized carbons (Fsp3) is 0.933. The minimum Gasteiger partial charge on any atom is -0.465 e. The third-order valence-electron chi connectivity index (χ3n) is 3.93. The lowest BCUT2D eigenvalue weighted by molar-refractivity contribution is -0.153. The number of hydrogen-bond donors (Lipinski definition) is 1. The van der Waals surface area contributed by atoms with Gasteiger partial charge in [-0.15, -0.1) is 0 Å². The van der Waals surface area contributed by atoms with Gasteiger partial charge in [-0.25, -0.2) is 0 Å². The highest BCUT2D eigenvalue weighted by molar-refractivity contribution is 5.82. The summed E-state index contributed by atoms with van der Waals surface area (Å²) in [5.41, 5.74) is -0.458. The van der Waals surface area contributed by atoms with E-state index in [0.717, 1.165) is 32.2 Å². The summed E-state index contributed by atoms with van der Waals surface area (Å²) in [7, 11) is 4.16. The molecule has 1 N–H and O–H groups in total. The zero-order valence-corrected chi connectivity index (χ0v) is 13.2. The van der Waals surface area contributed by atoms with Crippen LogP contribution in [0, 0.1) is 5.92 Å². The lowest BCUT2D eigenvalue weighted by Crippen LogP contribution is -2.58. The topological polar surface area (TPSA) is 41.6 Å². The Bertz CT molecular complexity index is 292. The summed E-state index contributed by atoms with van der Waals surface area (Å²) < 4.78 is 5.35. The van der Waals surface area contributed by atoms with E-state index in [1.807, 2.05) is 6.92 Å². The highest BCUT2D eigenvalue weighted by Gasteiger charge is 2.49. The van der Waals surface area contributed by atoms with Gasteiger partial charge < -0.3 is 9.64 Å². The average molecular weight is 270 g/mol. The Morgan fingerprint density at radius 2 is 2.16 bits per heavy atom. The molecule has 2 unspecified atom stereocenters. The summed E-state index contributed by atoms with van der Waals surface area (Å²) in [5, 5.41) is 3.52. The standard InChI is InChI=1S/C15H30N2O2/c1-6-19-14(18)15(16-12(2)3)10-7-8-13(15)9-11-17(4)5/h12-13,16H,6-11H2,1-5H3. The molecule has 1 fully saturated rings. The number of hydrogen-bond acceptors (Lipinski definition) is 4. The predicted octanol–water partition coefficient (Wildman–Crippen LogP) is 2.04. The first kappa shape index (κ1) is 16.4. The Hall–Kier alpha value is -0.610. The van der Waals surface area contributed by atoms with E-state index in [4.69, 9.17) is 4.74 Å². The summed E-state index contributed by atoms with van der Waals surface area (Å²) in [5.74, 6) is 0.335. The van der Waals surface area contributed by atoms with Crippen LogP contribution >= 0.6 is 0 Å². The van der Waals surface area contributed by atoms with E-state index in [9.17, 15) is 4.79 Å². The molecule has 1 rings (SSSR count). The molecule has 0 heterocycles. The summed E-state index contributed by atoms with van der Waals surface area (Å²) in [6.45, 7) is 7.56. The Balaban J connectivity index is 2.83. The van der Waals surface area contributed by atoms with Crippen molar-refractivity contribution >= 4 is 5.97 Å². The predicted molar refractivity (Wildman–Crippen MR) is 78.1 cm³/mol. The number of carbonyl (C=O) groups is 1. The molecule has 4 heteroatoms. The van der Waals surface area contributed by atoms with Gasteiger partial charge in [-0.3, -0.25) is 10.1 Å². The largest absolute Gasteiger partial charge is 0.465 e. The highest BCUT2D eigenvalue weighted by Crippen LogP contribution is 2.39. The molecule has 0 amide bonds. The molecule has 0 aromatic rings. The number of nitrogens with one attached hydrogen (secondary N) is 1. The Kier molecular flexibility index (Phi) is 6.27. The maximum atomic E-state index is 12.5. The van der Waals surface area contributed by atoms with Crippen molar-refractivity contribution in [3.05, 3.63) is 0 Å². The van der Waals surface area contributed by atoms with Crippen molar-refractivity contribution in [3.63, 3.8) is 0 Å². The van der Waals surface area contributed by atoms with Gasteiger partial charge in [0.05, 0.1) is 6.61 Å². The molecule has 0 radical (unpaired) electrons. The first-order chi connectivity index (χ1) is 8.92. The summed E-state index contributed by atoms with van der Waals surface area (Å²) in [4.78, 5) is 14.6. The van der Waals surface area contributed by atoms with E-state index < -0.39 is 5.54 Å². The van der Waals surface area contributed by atoms with Gasteiger partial charge in [-0.1, -0.05) is 6.42 Å². The van der Waals surface area contributed by atoms with Crippen molar-refractivity contribution in [2.24, 2.45) is 5.92 Å². The van der Waals surface area contributed by atoms with Crippen molar-refractivity contribution in [1.82, 2.24) is 10.2 Å². The number of nitrogens with zero attached hydrogens (tertiary/aromatic N) is 1. The van der Waals surface area contributed by atoms with Gasteiger partial charge in [-0.05, 0) is 66.6 Å². The zero-order valence-electron chi connectivity index (χ0n) is 13.2. The quantitative estimate of drug-likeness (QED) is 0.719. The average Bonchev–Trinajstić information content (AvgIpc) is 2.70. The molecule has 1 saturated carbocycles. The smallest absolute Gasteiger partial charge is 0.326 e. The van der Waals surface area contributed by atoms with Crippen LogP contribution in [-0.4, -0.2) is 49.7 Å². The summed E-state index contributed by atoms with van der Waals surface area (Å²) in [6.07, 6.45) is 4.18. The van der Waals surface area contributed by atoms with Crippen LogP contribution in [0.4, 0.5) is 0 Å². The van der Waals surface area contributed by atoms with Gasteiger partial charge in [0.2, 0.25) is 0 Å². The molecule has 4 nitrogen and oxygen atoms in total. The summed E-state index contributed by atoms with van der Waals surface area (Å²) >= 11 is 0. The van der Waals surface area contributed by atoms with Gasteiger partial charge in [-0.2, -0.15) is 0 Å². The van der Waals surface area contributed by atoms with Gasteiger partial charge >= 0.3 is 5.97 Å². The van der Waals surface area contributed by atoms with Crippen molar-refractivity contribution < 1.29 is 9.53 Å². The molecule has 19 heavy (non-hydrogen) atoms. The molecule has 0 aromatic heterocycles. The second-order valence-electron chi connectivity index (χ2n) is 6.17. The lowest BCUT2D eigenvalue weighted by Gasteiger charge is -2.36. The van der Waals surface area contributed by atoms with E-state index in [0.29, 0.717) is 18.6 Å². The Morgan fingerprint density at radius 3 is 2.68 bits per heavy atom. The number of carbonyl (C=O) groups excluding carboxylic acids is 1. The molecule has 0 bridgehead atoms. The monoisotopic (exact) mass is 270 g/mol. The van der Waals surface area contributed by atoms with Crippen molar-refractivity contribution in [2.45, 2.75) is 58.0 Å². The van der Waals surface area contributed by atoms with Crippen LogP contribution in [0.1, 0.15) is 46.5 Å². The Labute approximate surface area is 117 Å². The molecule has 0 spiro atoms. The fourth-order valence-electron chi connectivity index (χ4n) is 3.18. The molecule has 0 aliphatic heterocycles. The number of rotatable bonds is 7. The Morgan fingerprint density at radius 1 is 1.47 bits per heavy atom. The molecular formula is C15H30N2O2. The van der Waals surface area contributed by atoms with Gasteiger partial charge in [0.15, 0.2) is 0 Å². The van der Waals surface area contributed by atoms with Crippen LogP contribution < -0.4 is 5.32 Å². The van der Waals surface area contributed by atoms with Crippen LogP contribution in [0.3, 0.4) is 0 Å². The lowest BCUT2D eigenvalue weighted by atomic mass is 9.83. The van der Waals surface area contributed by atoms with E-state index >= 15 is 0 Å². The van der Waals surface area contributed by atoms with Crippen molar-refractivity contribution in [1.29, 1.82) is 0 Å². The number of esters is 1. The first-order valence-corrected chi connectivity index (χ1v) is 7.52. The van der Waals surface area contributed by atoms with Crippen LogP contribution in [0.2, 0.25) is 0 Å². The van der Waals surface area contributed by atoms with Crippen molar-refractivity contribution in [2.75, 3.05) is 27.2 Å². The third-order valence-corrected chi connectivity index (χ3v) is 3.93. The van der Waals surface area contributed by atoms with E-state index in [1.165, 1.54) is 0 Å². The van der Waals surface area contributed by atoms with E-state index in [2.05, 4.69) is 38.2 Å². The SMILES string of the molecule is CCOC(=O)C1(NC(C)C)CCCC1CCN(C)C. The zero-order chi connectivity index (χ0) is 14.5. The van der Waals surface area contributed by atoms with Crippen LogP contribution in [0.25, 0.3) is 0 Å². The highest BCUT2D eigenvalue weighted by atomic mass is 16.5. The van der Waals surface area contributed by atoms with E-state index in [-0.39, 0.29) is 5.97 Å². The molecule has 1 aliphatic carbocycles. The molecule has 0 aromatic carbocycles. The van der Waals surface area contributed by atoms with Gasteiger partial charge in [0.25, 0.3) is 0 Å². The molecule has 1 aliphatic rings. The maximum absolute atomic E-state index is 12.5. The van der Waals surface area contributed by atoms with E-state index in [1.54, 1.807) is 0 Å². The summed E-state index contributed by atoms with van der Waals surface area (Å²) in [6, 6.07) is 0.296. The maximum Gasteiger partial charge on any atom is 0.326 e. The van der Waals surface area contributed by atoms with Crippen LogP contribution in [0.5, 0.6) is 0 Å². The number of ether oxygens (including phenoxy) is 1. The van der Waals surface area contributed by atoms with Crippen molar-refractivity contribution in [3.8, 4) is 0 Å². The minimum absolute atomic E-state index is 0.0510. The fourth-order valence-corrected chi connectivity index (χ4v) is 3.18. The molecular weight excluding hydrogens is 240 g/mol. The normalized spacial score (nSPS) is 27.2. The van der Waals surface area contributed by atoms with Gasteiger partial charge in [0, 0.05) is 6.04 Å².